The predicted octanol–water partition coefficient (Wildman–Crippen LogP) is 8.76. The first kappa shape index (κ1) is 22.2. The van der Waals surface area contributed by atoms with Gasteiger partial charge in [0.25, 0.3) is 0 Å². The molecule has 30 heavy (non-hydrogen) atoms. The third-order valence-electron chi connectivity index (χ3n) is 5.73. The van der Waals surface area contributed by atoms with Crippen molar-refractivity contribution in [2.45, 2.75) is 65.2 Å². The minimum absolute atomic E-state index is 0.317. The number of hydrogen-bond donors (Lipinski definition) is 0. The molecule has 2 heteroatoms. The second-order valence-corrected chi connectivity index (χ2v) is 8.09. The zero-order chi connectivity index (χ0) is 21.3. The Hall–Kier alpha value is -2.48. The molecular formula is C28H32F2. The summed E-state index contributed by atoms with van der Waals surface area (Å²) in [5.41, 5.74) is 5.05. The van der Waals surface area contributed by atoms with Crippen molar-refractivity contribution >= 4 is 0 Å². The van der Waals surface area contributed by atoms with Crippen LogP contribution in [0.5, 0.6) is 0 Å². The zero-order valence-corrected chi connectivity index (χ0v) is 18.2. The maximum Gasteiger partial charge on any atom is 0.166 e. The average Bonchev–Trinajstić information content (AvgIpc) is 2.78. The summed E-state index contributed by atoms with van der Waals surface area (Å²) >= 11 is 0. The van der Waals surface area contributed by atoms with Crippen molar-refractivity contribution < 1.29 is 8.78 Å². The van der Waals surface area contributed by atoms with Gasteiger partial charge >= 0.3 is 0 Å². The molecule has 0 atom stereocenters. The van der Waals surface area contributed by atoms with Crippen molar-refractivity contribution in [2.24, 2.45) is 0 Å². The minimum Gasteiger partial charge on any atom is -0.203 e. The van der Waals surface area contributed by atoms with E-state index in [0.717, 1.165) is 24.0 Å². The molecule has 3 aromatic carbocycles. The number of benzene rings is 3. The topological polar surface area (TPSA) is 0 Å². The quantitative estimate of drug-likeness (QED) is 0.295. The highest BCUT2D eigenvalue weighted by Gasteiger charge is 2.14. The Morgan fingerprint density at radius 2 is 1.13 bits per heavy atom. The molecule has 0 N–H and O–H groups in total. The molecule has 0 amide bonds. The minimum atomic E-state index is -0.753. The van der Waals surface area contributed by atoms with E-state index in [2.05, 4.69) is 31.2 Å². The first-order valence-corrected chi connectivity index (χ1v) is 11.3. The maximum atomic E-state index is 14.5. The van der Waals surface area contributed by atoms with Gasteiger partial charge in [-0.25, -0.2) is 8.78 Å². The van der Waals surface area contributed by atoms with Crippen LogP contribution in [0.4, 0.5) is 8.78 Å². The van der Waals surface area contributed by atoms with Gasteiger partial charge in [-0.15, -0.1) is 0 Å². The Morgan fingerprint density at radius 1 is 0.533 bits per heavy atom. The Bertz CT molecular complexity index is 924. The highest BCUT2D eigenvalue weighted by molar-refractivity contribution is 5.71. The lowest BCUT2D eigenvalue weighted by Gasteiger charge is -2.10. The molecule has 0 saturated carbocycles. The number of hydrogen-bond acceptors (Lipinski definition) is 0. The second-order valence-electron chi connectivity index (χ2n) is 8.09. The largest absolute Gasteiger partial charge is 0.203 e. The molecular weight excluding hydrogens is 374 g/mol. The lowest BCUT2D eigenvalue weighted by atomic mass is 9.97. The van der Waals surface area contributed by atoms with Crippen molar-refractivity contribution in [1.29, 1.82) is 0 Å². The van der Waals surface area contributed by atoms with Crippen molar-refractivity contribution in [3.63, 3.8) is 0 Å². The van der Waals surface area contributed by atoms with Crippen LogP contribution in [0.25, 0.3) is 22.3 Å². The van der Waals surface area contributed by atoms with Crippen molar-refractivity contribution in [2.75, 3.05) is 0 Å². The molecule has 158 valence electrons. The number of halogens is 2. The summed E-state index contributed by atoms with van der Waals surface area (Å²) in [6.45, 7) is 4.20. The molecule has 0 fully saturated rings. The summed E-state index contributed by atoms with van der Waals surface area (Å²) in [5.74, 6) is -1.47. The smallest absolute Gasteiger partial charge is 0.166 e. The van der Waals surface area contributed by atoms with E-state index in [4.69, 9.17) is 0 Å². The van der Waals surface area contributed by atoms with Crippen LogP contribution in [0.15, 0.2) is 60.7 Å². The molecule has 0 spiro atoms. The third kappa shape index (κ3) is 5.56. The molecule has 0 saturated heterocycles. The van der Waals surface area contributed by atoms with E-state index in [0.29, 0.717) is 23.1 Å². The molecule has 3 aromatic rings. The zero-order valence-electron chi connectivity index (χ0n) is 18.2. The summed E-state index contributed by atoms with van der Waals surface area (Å²) in [6.07, 6.45) is 8.95. The number of unbranched alkanes of at least 4 members (excludes halogenated alkanes) is 4. The molecule has 0 aliphatic carbocycles. The molecule has 0 nitrogen and oxygen atoms in total. The van der Waals surface area contributed by atoms with Gasteiger partial charge in [-0.2, -0.15) is 0 Å². The number of rotatable bonds is 10. The Balaban J connectivity index is 1.68. The molecule has 0 aliphatic heterocycles. The van der Waals surface area contributed by atoms with Crippen LogP contribution >= 0.6 is 0 Å². The van der Waals surface area contributed by atoms with Crippen LogP contribution in [-0.4, -0.2) is 0 Å². The van der Waals surface area contributed by atoms with E-state index in [1.54, 1.807) is 12.1 Å². The first-order valence-electron chi connectivity index (χ1n) is 11.3. The molecule has 0 unspecified atom stereocenters. The third-order valence-corrected chi connectivity index (χ3v) is 5.73. The van der Waals surface area contributed by atoms with E-state index in [9.17, 15) is 8.78 Å². The SMILES string of the molecule is CCCCCCCc1ccc(-c2ccc(-c3ccc(CCC)c(F)c3F)cc2)cc1. The van der Waals surface area contributed by atoms with Crippen LogP contribution in [0.2, 0.25) is 0 Å². The van der Waals surface area contributed by atoms with Gasteiger partial charge in [-0.1, -0.05) is 107 Å². The predicted molar refractivity (Wildman–Crippen MR) is 124 cm³/mol. The van der Waals surface area contributed by atoms with Crippen LogP contribution in [0.3, 0.4) is 0 Å². The van der Waals surface area contributed by atoms with E-state index in [1.165, 1.54) is 37.7 Å². The summed E-state index contributed by atoms with van der Waals surface area (Å²) in [5, 5.41) is 0. The highest BCUT2D eigenvalue weighted by Crippen LogP contribution is 2.29. The van der Waals surface area contributed by atoms with Crippen LogP contribution in [0, 0.1) is 11.6 Å². The molecule has 0 aliphatic rings. The van der Waals surface area contributed by atoms with Gasteiger partial charge < -0.3 is 0 Å². The Labute approximate surface area is 180 Å². The van der Waals surface area contributed by atoms with Gasteiger partial charge in [0.05, 0.1) is 0 Å². The van der Waals surface area contributed by atoms with E-state index >= 15 is 0 Å². The summed E-state index contributed by atoms with van der Waals surface area (Å²) in [4.78, 5) is 0. The van der Waals surface area contributed by atoms with Crippen molar-refractivity contribution in [3.8, 4) is 22.3 Å². The van der Waals surface area contributed by atoms with Gasteiger partial charge in [-0.05, 0) is 47.1 Å². The van der Waals surface area contributed by atoms with Gasteiger partial charge in [-0.3, -0.25) is 0 Å². The summed E-state index contributed by atoms with van der Waals surface area (Å²) < 4.78 is 28.8. The van der Waals surface area contributed by atoms with Crippen molar-refractivity contribution in [1.82, 2.24) is 0 Å². The fourth-order valence-electron chi connectivity index (χ4n) is 3.91. The summed E-state index contributed by atoms with van der Waals surface area (Å²) in [6, 6.07) is 19.8. The average molecular weight is 407 g/mol. The maximum absolute atomic E-state index is 14.5. The van der Waals surface area contributed by atoms with E-state index in [-0.39, 0.29) is 0 Å². The molecule has 3 rings (SSSR count). The fourth-order valence-corrected chi connectivity index (χ4v) is 3.91. The van der Waals surface area contributed by atoms with E-state index in [1.807, 2.05) is 31.2 Å². The van der Waals surface area contributed by atoms with Gasteiger partial charge in [0, 0.05) is 5.56 Å². The fraction of sp³-hybridized carbons (Fsp3) is 0.357. The normalized spacial score (nSPS) is 11.1. The molecule has 0 radical (unpaired) electrons. The lowest BCUT2D eigenvalue weighted by Crippen LogP contribution is -1.97. The van der Waals surface area contributed by atoms with Crippen LogP contribution in [0.1, 0.15) is 63.5 Å². The molecule has 0 heterocycles. The Morgan fingerprint density at radius 3 is 1.77 bits per heavy atom. The summed E-state index contributed by atoms with van der Waals surface area (Å²) in [7, 11) is 0. The van der Waals surface area contributed by atoms with Crippen LogP contribution < -0.4 is 0 Å². The van der Waals surface area contributed by atoms with Crippen LogP contribution in [-0.2, 0) is 12.8 Å². The van der Waals surface area contributed by atoms with E-state index < -0.39 is 11.6 Å². The second kappa shape index (κ2) is 11.1. The lowest BCUT2D eigenvalue weighted by molar-refractivity contribution is 0.500. The van der Waals surface area contributed by atoms with Gasteiger partial charge in [0.15, 0.2) is 11.6 Å². The molecule has 0 bridgehead atoms. The standard InChI is InChI=1S/C28H32F2/c1-3-5-6-7-8-10-21-11-13-22(14-12-21)23-15-17-24(18-16-23)26-20-19-25(9-4-2)27(29)28(26)30/h11-20H,3-10H2,1-2H3. The van der Waals surface area contributed by atoms with Gasteiger partial charge in [0.2, 0.25) is 0 Å². The Kier molecular flexibility index (Phi) is 8.19. The monoisotopic (exact) mass is 406 g/mol. The van der Waals surface area contributed by atoms with Crippen molar-refractivity contribution in [3.05, 3.63) is 83.4 Å². The first-order chi connectivity index (χ1) is 14.6. The number of aryl methyl sites for hydroxylation is 2. The highest BCUT2D eigenvalue weighted by atomic mass is 19.2. The molecule has 0 aromatic heterocycles. The van der Waals surface area contributed by atoms with Gasteiger partial charge in [0.1, 0.15) is 0 Å².